The van der Waals surface area contributed by atoms with Gasteiger partial charge in [-0.1, -0.05) is 0 Å². The second-order valence-corrected chi connectivity index (χ2v) is 5.83. The Balaban J connectivity index is 1.86. The maximum Gasteiger partial charge on any atom is 0.261 e. The number of ether oxygens (including phenoxy) is 1. The normalized spacial score (nSPS) is 17.9. The highest BCUT2D eigenvalue weighted by atomic mass is 16.5. The maximum absolute atomic E-state index is 12.6. The molecule has 128 valence electrons. The summed E-state index contributed by atoms with van der Waals surface area (Å²) in [5.74, 6) is -0.801. The molecule has 26 heavy (non-hydrogen) atoms. The monoisotopic (exact) mass is 347 g/mol. The van der Waals surface area contributed by atoms with E-state index in [2.05, 4.69) is 5.32 Å². The molecule has 1 fully saturated rings. The van der Waals surface area contributed by atoms with Crippen LogP contribution in [0, 0.1) is 34.0 Å². The Morgan fingerprint density at radius 1 is 1.15 bits per heavy atom. The Morgan fingerprint density at radius 3 is 2.50 bits per heavy atom. The molecule has 8 heteroatoms. The van der Waals surface area contributed by atoms with E-state index in [0.29, 0.717) is 12.3 Å². The van der Waals surface area contributed by atoms with Gasteiger partial charge in [-0.3, -0.25) is 14.5 Å². The molecule has 2 amide bonds. The number of nitrogens with one attached hydrogen (secondary N) is 1. The lowest BCUT2D eigenvalue weighted by molar-refractivity contribution is 0.0475. The molecule has 2 aliphatic heterocycles. The molecule has 1 unspecified atom stereocenters. The van der Waals surface area contributed by atoms with Gasteiger partial charge in [0, 0.05) is 12.3 Å². The van der Waals surface area contributed by atoms with Gasteiger partial charge in [0.15, 0.2) is 5.57 Å². The van der Waals surface area contributed by atoms with Crippen molar-refractivity contribution in [3.05, 3.63) is 40.6 Å². The SMILES string of the molecule is N#CC(C#N)=C(C#N)Nc1ccc2c(c1)C(=O)N(CC1CCCO1)C2=O. The Hall–Kier alpha value is -3.67. The summed E-state index contributed by atoms with van der Waals surface area (Å²) < 4.78 is 5.49. The molecule has 1 aromatic carbocycles. The summed E-state index contributed by atoms with van der Waals surface area (Å²) >= 11 is 0. The summed E-state index contributed by atoms with van der Waals surface area (Å²) in [7, 11) is 0. The van der Waals surface area contributed by atoms with E-state index < -0.39 is 5.91 Å². The third-order valence-electron chi connectivity index (χ3n) is 4.24. The fourth-order valence-corrected chi connectivity index (χ4v) is 2.95. The van der Waals surface area contributed by atoms with Gasteiger partial charge in [-0.25, -0.2) is 0 Å². The summed E-state index contributed by atoms with van der Waals surface area (Å²) in [6, 6.07) is 9.44. The van der Waals surface area contributed by atoms with Crippen molar-refractivity contribution in [3.63, 3.8) is 0 Å². The fraction of sp³-hybridized carbons (Fsp3) is 0.278. The molecule has 0 aliphatic carbocycles. The van der Waals surface area contributed by atoms with Crippen molar-refractivity contribution < 1.29 is 14.3 Å². The number of fused-ring (bicyclic) bond motifs is 1. The average Bonchev–Trinajstić information content (AvgIpc) is 3.25. The number of hydrogen-bond donors (Lipinski definition) is 1. The van der Waals surface area contributed by atoms with Crippen LogP contribution in [0.2, 0.25) is 0 Å². The fourth-order valence-electron chi connectivity index (χ4n) is 2.95. The topological polar surface area (TPSA) is 130 Å². The summed E-state index contributed by atoms with van der Waals surface area (Å²) in [5.41, 5.74) is 0.245. The highest BCUT2D eigenvalue weighted by Crippen LogP contribution is 2.28. The molecule has 2 aliphatic rings. The van der Waals surface area contributed by atoms with Gasteiger partial charge in [-0.2, -0.15) is 15.8 Å². The molecule has 0 spiro atoms. The first-order valence-electron chi connectivity index (χ1n) is 7.92. The molecular weight excluding hydrogens is 334 g/mol. The predicted octanol–water partition coefficient (Wildman–Crippen LogP) is 1.70. The first-order valence-corrected chi connectivity index (χ1v) is 7.92. The number of hydrogen-bond acceptors (Lipinski definition) is 7. The van der Waals surface area contributed by atoms with Gasteiger partial charge in [0.25, 0.3) is 11.8 Å². The van der Waals surface area contributed by atoms with Gasteiger partial charge in [-0.05, 0) is 31.0 Å². The van der Waals surface area contributed by atoms with Gasteiger partial charge < -0.3 is 10.1 Å². The Bertz CT molecular complexity index is 923. The Kier molecular flexibility index (Phi) is 4.66. The second kappa shape index (κ2) is 7.06. The molecule has 0 bridgehead atoms. The van der Waals surface area contributed by atoms with Crippen LogP contribution in [0.1, 0.15) is 33.6 Å². The van der Waals surface area contributed by atoms with Crippen molar-refractivity contribution in [2.24, 2.45) is 0 Å². The largest absolute Gasteiger partial charge is 0.376 e. The minimum atomic E-state index is -0.424. The van der Waals surface area contributed by atoms with Crippen molar-refractivity contribution in [1.29, 1.82) is 15.8 Å². The van der Waals surface area contributed by atoms with Crippen molar-refractivity contribution in [2.45, 2.75) is 18.9 Å². The molecule has 3 rings (SSSR count). The zero-order valence-corrected chi connectivity index (χ0v) is 13.7. The van der Waals surface area contributed by atoms with E-state index >= 15 is 0 Å². The minimum absolute atomic E-state index is 0.142. The molecule has 1 atom stereocenters. The van der Waals surface area contributed by atoms with E-state index in [1.165, 1.54) is 23.1 Å². The van der Waals surface area contributed by atoms with Crippen molar-refractivity contribution in [1.82, 2.24) is 4.90 Å². The summed E-state index contributed by atoms with van der Waals surface area (Å²) in [5, 5.41) is 29.5. The van der Waals surface area contributed by atoms with Crippen LogP contribution in [0.5, 0.6) is 0 Å². The molecule has 8 nitrogen and oxygen atoms in total. The van der Waals surface area contributed by atoms with Crippen LogP contribution < -0.4 is 5.32 Å². The van der Waals surface area contributed by atoms with Gasteiger partial charge in [0.05, 0.1) is 23.8 Å². The number of nitrogens with zero attached hydrogens (tertiary/aromatic N) is 4. The van der Waals surface area contributed by atoms with Crippen molar-refractivity contribution >= 4 is 17.5 Å². The standard InChI is InChI=1S/C18H13N5O3/c19-7-11(8-20)16(9-21)22-12-3-4-14-15(6-12)18(25)23(17(14)24)10-13-2-1-5-26-13/h3-4,6,13,22H,1-2,5,10H2. The number of benzene rings is 1. The van der Waals surface area contributed by atoms with Gasteiger partial charge in [0.2, 0.25) is 0 Å². The van der Waals surface area contributed by atoms with E-state index in [4.69, 9.17) is 20.5 Å². The van der Waals surface area contributed by atoms with Crippen LogP contribution in [0.4, 0.5) is 5.69 Å². The highest BCUT2D eigenvalue weighted by molar-refractivity contribution is 6.21. The van der Waals surface area contributed by atoms with Crippen LogP contribution in [-0.2, 0) is 4.74 Å². The lowest BCUT2D eigenvalue weighted by Gasteiger charge is -2.17. The highest BCUT2D eigenvalue weighted by Gasteiger charge is 2.37. The zero-order chi connectivity index (χ0) is 18.7. The predicted molar refractivity (Wildman–Crippen MR) is 88.3 cm³/mol. The van der Waals surface area contributed by atoms with Gasteiger partial charge in [0.1, 0.15) is 23.9 Å². The molecule has 1 saturated heterocycles. The Morgan fingerprint density at radius 2 is 1.88 bits per heavy atom. The number of carbonyl (C=O) groups is 2. The molecule has 1 aromatic rings. The lowest BCUT2D eigenvalue weighted by Crippen LogP contribution is -2.36. The summed E-state index contributed by atoms with van der Waals surface area (Å²) in [4.78, 5) is 26.2. The summed E-state index contributed by atoms with van der Waals surface area (Å²) in [6.07, 6.45) is 1.57. The van der Waals surface area contributed by atoms with Gasteiger partial charge >= 0.3 is 0 Å². The summed E-state index contributed by atoms with van der Waals surface area (Å²) in [6.45, 7) is 0.844. The molecule has 0 saturated carbocycles. The number of carbonyl (C=O) groups excluding carboxylic acids is 2. The lowest BCUT2D eigenvalue weighted by atomic mass is 10.1. The van der Waals surface area contributed by atoms with Crippen LogP contribution >= 0.6 is 0 Å². The number of anilines is 1. The number of allylic oxidation sites excluding steroid dienone is 2. The Labute approximate surface area is 149 Å². The maximum atomic E-state index is 12.6. The molecule has 0 aromatic heterocycles. The number of nitriles is 3. The third kappa shape index (κ3) is 3.00. The number of amides is 2. The smallest absolute Gasteiger partial charge is 0.261 e. The average molecular weight is 347 g/mol. The van der Waals surface area contributed by atoms with E-state index in [-0.39, 0.29) is 41.0 Å². The number of imide groups is 1. The van der Waals surface area contributed by atoms with Crippen LogP contribution in [0.15, 0.2) is 29.5 Å². The van der Waals surface area contributed by atoms with Gasteiger partial charge in [-0.15, -0.1) is 0 Å². The first kappa shape index (κ1) is 17.2. The van der Waals surface area contributed by atoms with Crippen LogP contribution in [-0.4, -0.2) is 36.0 Å². The van der Waals surface area contributed by atoms with E-state index in [1.54, 1.807) is 18.2 Å². The first-order chi connectivity index (χ1) is 12.6. The minimum Gasteiger partial charge on any atom is -0.376 e. The molecule has 0 radical (unpaired) electrons. The number of rotatable bonds is 4. The molecule has 2 heterocycles. The van der Waals surface area contributed by atoms with Crippen LogP contribution in [0.25, 0.3) is 0 Å². The second-order valence-electron chi connectivity index (χ2n) is 5.83. The third-order valence-corrected chi connectivity index (χ3v) is 4.24. The van der Waals surface area contributed by atoms with Crippen LogP contribution in [0.3, 0.4) is 0 Å². The van der Waals surface area contributed by atoms with E-state index in [9.17, 15) is 9.59 Å². The van der Waals surface area contributed by atoms with Crippen molar-refractivity contribution in [3.8, 4) is 18.2 Å². The quantitative estimate of drug-likeness (QED) is 0.648. The molecular formula is C18H13N5O3. The van der Waals surface area contributed by atoms with Crippen molar-refractivity contribution in [2.75, 3.05) is 18.5 Å². The zero-order valence-electron chi connectivity index (χ0n) is 13.7. The molecule has 1 N–H and O–H groups in total. The van der Waals surface area contributed by atoms with E-state index in [0.717, 1.165) is 12.8 Å². The van der Waals surface area contributed by atoms with E-state index in [1.807, 2.05) is 0 Å².